The van der Waals surface area contributed by atoms with Crippen molar-refractivity contribution in [1.29, 1.82) is 0 Å². The first-order valence-electron chi connectivity index (χ1n) is 6.99. The first-order valence-corrected chi connectivity index (χ1v) is 6.99. The minimum atomic E-state index is -1.20. The van der Waals surface area contributed by atoms with Crippen molar-refractivity contribution in [2.45, 2.75) is 18.9 Å². The van der Waals surface area contributed by atoms with Gasteiger partial charge in [-0.15, -0.1) is 0 Å². The molecule has 22 heavy (non-hydrogen) atoms. The predicted octanol–water partition coefficient (Wildman–Crippen LogP) is 1.95. The SMILES string of the molecule is COCCc1ccc(OCC(C)(C(=O)O)n2ccnc2)cc1. The molecule has 1 N–H and O–H groups in total. The number of ether oxygens (including phenoxy) is 2. The predicted molar refractivity (Wildman–Crippen MR) is 81.0 cm³/mol. The highest BCUT2D eigenvalue weighted by molar-refractivity contribution is 5.76. The van der Waals surface area contributed by atoms with Crippen LogP contribution in [0.2, 0.25) is 0 Å². The molecule has 118 valence electrons. The quantitative estimate of drug-likeness (QED) is 0.807. The van der Waals surface area contributed by atoms with E-state index in [9.17, 15) is 9.90 Å². The Bertz CT molecular complexity index is 595. The Morgan fingerprint density at radius 1 is 1.36 bits per heavy atom. The Labute approximate surface area is 129 Å². The van der Waals surface area contributed by atoms with Crippen LogP contribution in [0.5, 0.6) is 5.75 Å². The molecule has 0 aliphatic heterocycles. The molecule has 2 rings (SSSR count). The number of benzene rings is 1. The molecule has 1 aromatic heterocycles. The van der Waals surface area contributed by atoms with Crippen LogP contribution < -0.4 is 4.74 Å². The summed E-state index contributed by atoms with van der Waals surface area (Å²) in [5, 5.41) is 9.48. The maximum Gasteiger partial charge on any atom is 0.333 e. The van der Waals surface area contributed by atoms with Gasteiger partial charge in [0.2, 0.25) is 0 Å². The van der Waals surface area contributed by atoms with Crippen LogP contribution in [0.4, 0.5) is 0 Å². The van der Waals surface area contributed by atoms with E-state index in [1.165, 1.54) is 10.9 Å². The molecule has 0 fully saturated rings. The zero-order valence-corrected chi connectivity index (χ0v) is 12.7. The van der Waals surface area contributed by atoms with Crippen molar-refractivity contribution < 1.29 is 19.4 Å². The highest BCUT2D eigenvalue weighted by Crippen LogP contribution is 2.20. The molecule has 0 spiro atoms. The summed E-state index contributed by atoms with van der Waals surface area (Å²) in [5.74, 6) is -0.337. The lowest BCUT2D eigenvalue weighted by atomic mass is 10.0. The number of rotatable bonds is 8. The van der Waals surface area contributed by atoms with Crippen LogP contribution in [-0.2, 0) is 21.5 Å². The van der Waals surface area contributed by atoms with Gasteiger partial charge in [-0.3, -0.25) is 0 Å². The number of imidazole rings is 1. The molecule has 1 heterocycles. The molecule has 6 nitrogen and oxygen atoms in total. The molecule has 0 saturated carbocycles. The third-order valence-electron chi connectivity index (χ3n) is 3.57. The number of aromatic nitrogens is 2. The van der Waals surface area contributed by atoms with Gasteiger partial charge in [0.05, 0.1) is 12.9 Å². The minimum absolute atomic E-state index is 0.0100. The monoisotopic (exact) mass is 304 g/mol. The lowest BCUT2D eigenvalue weighted by Crippen LogP contribution is -2.43. The van der Waals surface area contributed by atoms with E-state index in [0.29, 0.717) is 12.4 Å². The van der Waals surface area contributed by atoms with Crippen LogP contribution >= 0.6 is 0 Å². The zero-order valence-electron chi connectivity index (χ0n) is 12.7. The van der Waals surface area contributed by atoms with E-state index in [4.69, 9.17) is 9.47 Å². The number of aliphatic carboxylic acids is 1. The molecule has 1 unspecified atom stereocenters. The van der Waals surface area contributed by atoms with E-state index < -0.39 is 11.5 Å². The summed E-state index contributed by atoms with van der Waals surface area (Å²) in [6, 6.07) is 7.57. The summed E-state index contributed by atoms with van der Waals surface area (Å²) in [6.07, 6.45) is 5.47. The third-order valence-corrected chi connectivity index (χ3v) is 3.57. The lowest BCUT2D eigenvalue weighted by molar-refractivity contribution is -0.148. The van der Waals surface area contributed by atoms with E-state index >= 15 is 0 Å². The fourth-order valence-electron chi connectivity index (χ4n) is 1.99. The van der Waals surface area contributed by atoms with E-state index in [2.05, 4.69) is 4.98 Å². The molecule has 2 aromatic rings. The molecule has 0 amide bonds. The summed E-state index contributed by atoms with van der Waals surface area (Å²) in [7, 11) is 1.67. The van der Waals surface area contributed by atoms with Crippen LogP contribution in [0.15, 0.2) is 43.0 Å². The summed E-state index contributed by atoms with van der Waals surface area (Å²) in [5.41, 5.74) is -0.0598. The molecule has 0 bridgehead atoms. The second-order valence-corrected chi connectivity index (χ2v) is 5.22. The smallest absolute Gasteiger partial charge is 0.333 e. The first-order chi connectivity index (χ1) is 10.6. The van der Waals surface area contributed by atoms with Gasteiger partial charge >= 0.3 is 5.97 Å². The number of hydrogen-bond donors (Lipinski definition) is 1. The molecule has 0 radical (unpaired) electrons. The van der Waals surface area contributed by atoms with Crippen LogP contribution in [0.1, 0.15) is 12.5 Å². The number of carbonyl (C=O) groups is 1. The average Bonchev–Trinajstić information content (AvgIpc) is 3.06. The first kappa shape index (κ1) is 16.0. The highest BCUT2D eigenvalue weighted by Gasteiger charge is 2.36. The van der Waals surface area contributed by atoms with Gasteiger partial charge in [-0.2, -0.15) is 0 Å². The fourth-order valence-corrected chi connectivity index (χ4v) is 1.99. The number of nitrogens with zero attached hydrogens (tertiary/aromatic N) is 2. The second-order valence-electron chi connectivity index (χ2n) is 5.22. The molecular formula is C16H20N2O4. The van der Waals surface area contributed by atoms with E-state index in [0.717, 1.165) is 12.0 Å². The van der Waals surface area contributed by atoms with Crippen molar-refractivity contribution >= 4 is 5.97 Å². The Morgan fingerprint density at radius 2 is 2.09 bits per heavy atom. The number of methoxy groups -OCH3 is 1. The Hall–Kier alpha value is -2.34. The van der Waals surface area contributed by atoms with E-state index in [1.54, 1.807) is 26.4 Å². The van der Waals surface area contributed by atoms with Gasteiger partial charge in [0.25, 0.3) is 0 Å². The van der Waals surface area contributed by atoms with Crippen LogP contribution in [0.3, 0.4) is 0 Å². The highest BCUT2D eigenvalue weighted by atomic mass is 16.5. The largest absolute Gasteiger partial charge is 0.491 e. The van der Waals surface area contributed by atoms with Crippen molar-refractivity contribution in [3.05, 3.63) is 48.5 Å². The van der Waals surface area contributed by atoms with Gasteiger partial charge in [-0.25, -0.2) is 9.78 Å². The van der Waals surface area contributed by atoms with E-state index in [-0.39, 0.29) is 6.61 Å². The number of carboxylic acids is 1. The van der Waals surface area contributed by atoms with Gasteiger partial charge in [0.15, 0.2) is 5.54 Å². The standard InChI is InChI=1S/C16H20N2O4/c1-16(15(19)20,18-9-8-17-12-18)11-22-14-5-3-13(4-6-14)7-10-21-2/h3-6,8-9,12H,7,10-11H2,1-2H3,(H,19,20). The molecule has 1 aromatic carbocycles. The fraction of sp³-hybridized carbons (Fsp3) is 0.375. The van der Waals surface area contributed by atoms with Gasteiger partial charge in [-0.05, 0) is 31.0 Å². The number of carboxylic acid groups (broad SMARTS) is 1. The Morgan fingerprint density at radius 3 is 2.64 bits per heavy atom. The van der Waals surface area contributed by atoms with Crippen LogP contribution in [0.25, 0.3) is 0 Å². The summed E-state index contributed by atoms with van der Waals surface area (Å²) >= 11 is 0. The van der Waals surface area contributed by atoms with Crippen molar-refractivity contribution in [2.75, 3.05) is 20.3 Å². The molecule has 0 aliphatic rings. The van der Waals surface area contributed by atoms with Crippen molar-refractivity contribution in [1.82, 2.24) is 9.55 Å². The molecule has 0 saturated heterocycles. The van der Waals surface area contributed by atoms with Gasteiger partial charge < -0.3 is 19.1 Å². The maximum absolute atomic E-state index is 11.6. The van der Waals surface area contributed by atoms with Gasteiger partial charge in [0.1, 0.15) is 12.4 Å². The number of hydrogen-bond acceptors (Lipinski definition) is 4. The second kappa shape index (κ2) is 7.09. The van der Waals surface area contributed by atoms with Crippen molar-refractivity contribution in [2.24, 2.45) is 0 Å². The molecule has 0 aliphatic carbocycles. The Kier molecular flexibility index (Phi) is 5.16. The normalized spacial score (nSPS) is 13.5. The maximum atomic E-state index is 11.6. The lowest BCUT2D eigenvalue weighted by Gasteiger charge is -2.26. The minimum Gasteiger partial charge on any atom is -0.491 e. The molecule has 6 heteroatoms. The molecule has 1 atom stereocenters. The average molecular weight is 304 g/mol. The summed E-state index contributed by atoms with van der Waals surface area (Å²) < 4.78 is 12.2. The van der Waals surface area contributed by atoms with Crippen molar-refractivity contribution in [3.8, 4) is 5.75 Å². The summed E-state index contributed by atoms with van der Waals surface area (Å²) in [4.78, 5) is 15.5. The topological polar surface area (TPSA) is 73.6 Å². The third kappa shape index (κ3) is 3.65. The van der Waals surface area contributed by atoms with Gasteiger partial charge in [-0.1, -0.05) is 12.1 Å². The zero-order chi connectivity index (χ0) is 16.0. The van der Waals surface area contributed by atoms with Gasteiger partial charge in [0, 0.05) is 19.5 Å². The van der Waals surface area contributed by atoms with Crippen molar-refractivity contribution in [3.63, 3.8) is 0 Å². The summed E-state index contributed by atoms with van der Waals surface area (Å²) in [6.45, 7) is 2.28. The molecular weight excluding hydrogens is 284 g/mol. The Balaban J connectivity index is 2.02. The van der Waals surface area contributed by atoms with E-state index in [1.807, 2.05) is 24.3 Å². The van der Waals surface area contributed by atoms with Crippen LogP contribution in [-0.4, -0.2) is 41.0 Å². The van der Waals surface area contributed by atoms with Crippen LogP contribution in [0, 0.1) is 0 Å².